The molecule has 19 heavy (non-hydrogen) atoms. The molecule has 0 saturated carbocycles. The van der Waals surface area contributed by atoms with Crippen molar-refractivity contribution in [3.63, 3.8) is 0 Å². The van der Waals surface area contributed by atoms with Crippen LogP contribution in [0.5, 0.6) is 0 Å². The summed E-state index contributed by atoms with van der Waals surface area (Å²) in [5.41, 5.74) is 1.00. The highest BCUT2D eigenvalue weighted by Gasteiger charge is 2.08. The van der Waals surface area contributed by atoms with Crippen molar-refractivity contribution in [2.75, 3.05) is 6.54 Å². The van der Waals surface area contributed by atoms with Crippen LogP contribution < -0.4 is 10.6 Å². The molecule has 1 rings (SSSR count). The molecule has 0 aliphatic heterocycles. The third-order valence-corrected chi connectivity index (χ3v) is 3.10. The summed E-state index contributed by atoms with van der Waals surface area (Å²) in [4.78, 5) is 21.9. The number of carbonyl (C=O) groups excluding carboxylic acids is 1. The van der Waals surface area contributed by atoms with Crippen LogP contribution in [-0.4, -0.2) is 23.7 Å². The zero-order valence-electron chi connectivity index (χ0n) is 10.6. The molecule has 1 aromatic carbocycles. The number of nitrogens with one attached hydrogen (secondary N) is 2. The third-order valence-electron chi connectivity index (χ3n) is 2.57. The molecule has 1 atom stereocenters. The molecule has 0 spiro atoms. The monoisotopic (exact) mass is 328 g/mol. The van der Waals surface area contributed by atoms with Crippen LogP contribution in [0, 0.1) is 0 Å². The molecule has 6 heteroatoms. The lowest BCUT2D eigenvalue weighted by Crippen LogP contribution is -2.37. The smallest absolute Gasteiger partial charge is 0.315 e. The van der Waals surface area contributed by atoms with E-state index in [9.17, 15) is 9.59 Å². The number of carboxylic acid groups (broad SMARTS) is 1. The second kappa shape index (κ2) is 7.78. The van der Waals surface area contributed by atoms with E-state index in [-0.39, 0.29) is 18.5 Å². The molecule has 0 aliphatic carbocycles. The van der Waals surface area contributed by atoms with Crippen molar-refractivity contribution in [1.82, 2.24) is 10.6 Å². The first kappa shape index (κ1) is 15.5. The van der Waals surface area contributed by atoms with Gasteiger partial charge in [-0.15, -0.1) is 0 Å². The number of carbonyl (C=O) groups is 2. The van der Waals surface area contributed by atoms with Gasteiger partial charge >= 0.3 is 12.0 Å². The lowest BCUT2D eigenvalue weighted by molar-refractivity contribution is -0.137. The van der Waals surface area contributed by atoms with E-state index < -0.39 is 5.97 Å². The van der Waals surface area contributed by atoms with E-state index >= 15 is 0 Å². The quantitative estimate of drug-likeness (QED) is 0.702. The highest BCUT2D eigenvalue weighted by molar-refractivity contribution is 9.10. The highest BCUT2D eigenvalue weighted by atomic mass is 79.9. The number of rotatable bonds is 6. The summed E-state index contributed by atoms with van der Waals surface area (Å²) < 4.78 is 0.988. The molecule has 0 saturated heterocycles. The molecule has 3 N–H and O–H groups in total. The Balaban J connectivity index is 2.31. The molecule has 1 aromatic rings. The first-order valence-corrected chi connectivity index (χ1v) is 6.80. The topological polar surface area (TPSA) is 78.4 Å². The minimum Gasteiger partial charge on any atom is -0.481 e. The first-order chi connectivity index (χ1) is 8.99. The predicted molar refractivity (Wildman–Crippen MR) is 76.0 cm³/mol. The Hall–Kier alpha value is -1.56. The van der Waals surface area contributed by atoms with E-state index in [4.69, 9.17) is 5.11 Å². The van der Waals surface area contributed by atoms with E-state index in [0.29, 0.717) is 13.0 Å². The van der Waals surface area contributed by atoms with Crippen LogP contribution in [0.2, 0.25) is 0 Å². The van der Waals surface area contributed by atoms with E-state index in [1.54, 1.807) is 0 Å². The van der Waals surface area contributed by atoms with E-state index in [1.165, 1.54) is 0 Å². The molecular formula is C13H17BrN2O3. The van der Waals surface area contributed by atoms with Gasteiger partial charge in [0, 0.05) is 17.4 Å². The molecule has 104 valence electrons. The Kier molecular flexibility index (Phi) is 6.35. The van der Waals surface area contributed by atoms with Gasteiger partial charge in [0.05, 0.1) is 6.04 Å². The summed E-state index contributed by atoms with van der Waals surface area (Å²) in [5, 5.41) is 13.9. The maximum atomic E-state index is 11.6. The van der Waals surface area contributed by atoms with Gasteiger partial charge in [-0.25, -0.2) is 4.79 Å². The Morgan fingerprint density at radius 2 is 1.95 bits per heavy atom. The summed E-state index contributed by atoms with van der Waals surface area (Å²) in [5.74, 6) is -0.856. The van der Waals surface area contributed by atoms with Crippen molar-refractivity contribution < 1.29 is 14.7 Å². The molecule has 0 radical (unpaired) electrons. The van der Waals surface area contributed by atoms with Crippen LogP contribution in [0.4, 0.5) is 4.79 Å². The molecule has 0 aliphatic rings. The Labute approximate surface area is 120 Å². The molecule has 0 fully saturated rings. The molecule has 5 nitrogen and oxygen atoms in total. The predicted octanol–water partition coefficient (Wildman–Crippen LogP) is 2.67. The molecule has 0 heterocycles. The third kappa shape index (κ3) is 6.24. The molecule has 1 unspecified atom stereocenters. The minimum atomic E-state index is -0.856. The number of halogens is 1. The maximum Gasteiger partial charge on any atom is 0.315 e. The van der Waals surface area contributed by atoms with Crippen molar-refractivity contribution in [3.05, 3.63) is 34.3 Å². The van der Waals surface area contributed by atoms with Crippen molar-refractivity contribution in [2.45, 2.75) is 25.8 Å². The first-order valence-electron chi connectivity index (χ1n) is 6.00. The Morgan fingerprint density at radius 3 is 2.53 bits per heavy atom. The van der Waals surface area contributed by atoms with Gasteiger partial charge in [0.25, 0.3) is 0 Å². The van der Waals surface area contributed by atoms with E-state index in [2.05, 4.69) is 26.6 Å². The lowest BCUT2D eigenvalue weighted by atomic mass is 10.1. The lowest BCUT2D eigenvalue weighted by Gasteiger charge is -2.15. The fourth-order valence-electron chi connectivity index (χ4n) is 1.52. The van der Waals surface area contributed by atoms with Gasteiger partial charge < -0.3 is 15.7 Å². The number of benzene rings is 1. The summed E-state index contributed by atoms with van der Waals surface area (Å²) >= 11 is 3.35. The number of amides is 2. The second-order valence-electron chi connectivity index (χ2n) is 4.17. The fraction of sp³-hybridized carbons (Fsp3) is 0.385. The largest absolute Gasteiger partial charge is 0.481 e. The van der Waals surface area contributed by atoms with Gasteiger partial charge in [0.1, 0.15) is 0 Å². The number of hydrogen-bond acceptors (Lipinski definition) is 2. The standard InChI is InChI=1S/C13H17BrN2O3/c1-9(10-4-6-11(14)7-5-10)16-13(19)15-8-2-3-12(17)18/h4-7,9H,2-3,8H2,1H3,(H,17,18)(H2,15,16,19). The van der Waals surface area contributed by atoms with Gasteiger partial charge in [0.15, 0.2) is 0 Å². The van der Waals surface area contributed by atoms with E-state index in [1.807, 2.05) is 31.2 Å². The van der Waals surface area contributed by atoms with Crippen LogP contribution in [0.1, 0.15) is 31.4 Å². The highest BCUT2D eigenvalue weighted by Crippen LogP contribution is 2.16. The number of hydrogen-bond donors (Lipinski definition) is 3. The zero-order chi connectivity index (χ0) is 14.3. The van der Waals surface area contributed by atoms with Crippen molar-refractivity contribution in [1.29, 1.82) is 0 Å². The Bertz CT molecular complexity index is 434. The normalized spacial score (nSPS) is 11.7. The summed E-state index contributed by atoms with van der Waals surface area (Å²) in [6.07, 6.45) is 0.484. The summed E-state index contributed by atoms with van der Waals surface area (Å²) in [6.45, 7) is 2.24. The fourth-order valence-corrected chi connectivity index (χ4v) is 1.79. The summed E-state index contributed by atoms with van der Waals surface area (Å²) in [6, 6.07) is 7.29. The average Bonchev–Trinajstić information content (AvgIpc) is 2.35. The van der Waals surface area contributed by atoms with Gasteiger partial charge in [-0.3, -0.25) is 4.79 Å². The van der Waals surface area contributed by atoms with Crippen LogP contribution in [-0.2, 0) is 4.79 Å². The molecule has 0 aromatic heterocycles. The number of urea groups is 1. The number of aliphatic carboxylic acids is 1. The SMILES string of the molecule is CC(NC(=O)NCCCC(=O)O)c1ccc(Br)cc1. The zero-order valence-corrected chi connectivity index (χ0v) is 12.2. The minimum absolute atomic E-state index is 0.0581. The van der Waals surface area contributed by atoms with Gasteiger partial charge in [0.2, 0.25) is 0 Å². The van der Waals surface area contributed by atoms with Crippen molar-refractivity contribution >= 4 is 27.9 Å². The van der Waals surface area contributed by atoms with Crippen LogP contribution in [0.15, 0.2) is 28.7 Å². The van der Waals surface area contributed by atoms with Crippen LogP contribution in [0.3, 0.4) is 0 Å². The van der Waals surface area contributed by atoms with Gasteiger partial charge in [-0.2, -0.15) is 0 Å². The second-order valence-corrected chi connectivity index (χ2v) is 5.09. The van der Waals surface area contributed by atoms with Crippen molar-refractivity contribution in [2.24, 2.45) is 0 Å². The number of carboxylic acids is 1. The summed E-state index contributed by atoms with van der Waals surface area (Å²) in [7, 11) is 0. The van der Waals surface area contributed by atoms with Crippen molar-refractivity contribution in [3.8, 4) is 0 Å². The molecule has 2 amide bonds. The van der Waals surface area contributed by atoms with Crippen LogP contribution in [0.25, 0.3) is 0 Å². The van der Waals surface area contributed by atoms with Gasteiger partial charge in [-0.1, -0.05) is 28.1 Å². The van der Waals surface area contributed by atoms with E-state index in [0.717, 1.165) is 10.0 Å². The maximum absolute atomic E-state index is 11.6. The molecular weight excluding hydrogens is 312 g/mol. The Morgan fingerprint density at radius 1 is 1.32 bits per heavy atom. The van der Waals surface area contributed by atoms with Gasteiger partial charge in [-0.05, 0) is 31.0 Å². The van der Waals surface area contributed by atoms with Crippen LogP contribution >= 0.6 is 15.9 Å². The average molecular weight is 329 g/mol. The molecule has 0 bridgehead atoms.